The first kappa shape index (κ1) is 10.8. The third-order valence-corrected chi connectivity index (χ3v) is 2.73. The van der Waals surface area contributed by atoms with Crippen LogP contribution in [0.2, 0.25) is 6.04 Å². The van der Waals surface area contributed by atoms with Gasteiger partial charge in [0, 0.05) is 10.2 Å². The minimum atomic E-state index is 0.299. The molecule has 1 aromatic rings. The van der Waals surface area contributed by atoms with Gasteiger partial charge in [-0.15, -0.1) is 0 Å². The Hall–Kier alpha value is -0.233. The van der Waals surface area contributed by atoms with Crippen molar-refractivity contribution in [1.82, 2.24) is 0 Å². The largest absolute Gasteiger partial charge is 0.507 e. The Morgan fingerprint density at radius 1 is 1.46 bits per heavy atom. The summed E-state index contributed by atoms with van der Waals surface area (Å²) in [5, 5.41) is 9.24. The van der Waals surface area contributed by atoms with Crippen LogP contribution in [0.4, 0.5) is 0 Å². The van der Waals surface area contributed by atoms with E-state index >= 15 is 0 Å². The monoisotopic (exact) mass is 305 g/mol. The third-order valence-electron chi connectivity index (χ3n) is 1.51. The molecular weight excluding hydrogens is 295 g/mol. The fourth-order valence-corrected chi connectivity index (χ4v) is 1.47. The first-order valence-electron chi connectivity index (χ1n) is 4.00. The van der Waals surface area contributed by atoms with E-state index in [1.807, 2.05) is 6.07 Å². The number of phenolic OH excluding ortho intramolecular Hbond substituents is 1. The van der Waals surface area contributed by atoms with Crippen LogP contribution in [0.5, 0.6) is 11.5 Å². The summed E-state index contributed by atoms with van der Waals surface area (Å²) in [6.07, 6.45) is 0.981. The molecule has 0 aliphatic carbocycles. The molecular formula is C9H10IO2Si. The summed E-state index contributed by atoms with van der Waals surface area (Å²) in [7, 11) is 3.37. The Labute approximate surface area is 94.9 Å². The van der Waals surface area contributed by atoms with Crippen molar-refractivity contribution in [3.05, 3.63) is 21.8 Å². The summed E-state index contributed by atoms with van der Waals surface area (Å²) in [6, 6.07) is 6.18. The average molecular weight is 305 g/mol. The van der Waals surface area contributed by atoms with E-state index in [4.69, 9.17) is 4.74 Å². The van der Waals surface area contributed by atoms with E-state index in [0.29, 0.717) is 12.4 Å². The summed E-state index contributed by atoms with van der Waals surface area (Å²) in [6.45, 7) is 0.699. The molecule has 0 amide bonds. The van der Waals surface area contributed by atoms with Gasteiger partial charge in [0.25, 0.3) is 0 Å². The summed E-state index contributed by atoms with van der Waals surface area (Å²) in [4.78, 5) is 0. The van der Waals surface area contributed by atoms with Crippen molar-refractivity contribution in [2.45, 2.75) is 12.5 Å². The van der Waals surface area contributed by atoms with Crippen LogP contribution in [0.25, 0.3) is 0 Å². The van der Waals surface area contributed by atoms with E-state index in [9.17, 15) is 5.11 Å². The lowest BCUT2D eigenvalue weighted by Gasteiger charge is -2.05. The molecule has 0 bridgehead atoms. The zero-order valence-electron chi connectivity index (χ0n) is 7.09. The molecule has 1 N–H and O–H groups in total. The summed E-state index contributed by atoms with van der Waals surface area (Å²) in [5.41, 5.74) is 0. The quantitative estimate of drug-likeness (QED) is 0.526. The SMILES string of the molecule is Oc1ccc(OCCC[Si])cc1I. The fraction of sp³-hybridized carbons (Fsp3) is 0.333. The zero-order valence-corrected chi connectivity index (χ0v) is 10.2. The average Bonchev–Trinajstić information content (AvgIpc) is 2.12. The summed E-state index contributed by atoms with van der Waals surface area (Å²) in [5.74, 6) is 1.11. The van der Waals surface area contributed by atoms with E-state index in [1.54, 1.807) is 12.1 Å². The smallest absolute Gasteiger partial charge is 0.129 e. The zero-order chi connectivity index (χ0) is 9.68. The van der Waals surface area contributed by atoms with Crippen molar-refractivity contribution in [1.29, 1.82) is 0 Å². The number of hydrogen-bond donors (Lipinski definition) is 1. The van der Waals surface area contributed by atoms with Gasteiger partial charge in [-0.1, -0.05) is 6.04 Å². The number of ether oxygens (including phenoxy) is 1. The lowest BCUT2D eigenvalue weighted by atomic mass is 10.3. The number of rotatable bonds is 4. The number of aromatic hydroxyl groups is 1. The van der Waals surface area contributed by atoms with Crippen molar-refractivity contribution in [3.8, 4) is 11.5 Å². The molecule has 0 aliphatic rings. The van der Waals surface area contributed by atoms with Gasteiger partial charge < -0.3 is 9.84 Å². The van der Waals surface area contributed by atoms with Gasteiger partial charge in [-0.3, -0.25) is 0 Å². The van der Waals surface area contributed by atoms with Gasteiger partial charge in [-0.2, -0.15) is 0 Å². The van der Waals surface area contributed by atoms with Crippen molar-refractivity contribution < 1.29 is 9.84 Å². The lowest BCUT2D eigenvalue weighted by Crippen LogP contribution is -1.96. The molecule has 0 atom stereocenters. The maximum Gasteiger partial charge on any atom is 0.129 e. The summed E-state index contributed by atoms with van der Waals surface area (Å²) < 4.78 is 6.25. The Morgan fingerprint density at radius 3 is 2.85 bits per heavy atom. The maximum atomic E-state index is 9.24. The second kappa shape index (κ2) is 5.49. The Kier molecular flexibility index (Phi) is 4.58. The van der Waals surface area contributed by atoms with Crippen molar-refractivity contribution in [2.24, 2.45) is 0 Å². The highest BCUT2D eigenvalue weighted by atomic mass is 127. The highest BCUT2D eigenvalue weighted by molar-refractivity contribution is 14.1. The highest BCUT2D eigenvalue weighted by Gasteiger charge is 1.99. The minimum Gasteiger partial charge on any atom is -0.507 e. The van der Waals surface area contributed by atoms with E-state index in [-0.39, 0.29) is 0 Å². The number of halogens is 1. The predicted molar refractivity (Wildman–Crippen MR) is 61.5 cm³/mol. The number of phenols is 1. The van der Waals surface area contributed by atoms with Gasteiger partial charge in [0.05, 0.1) is 10.2 Å². The van der Waals surface area contributed by atoms with Crippen LogP contribution in [0.1, 0.15) is 6.42 Å². The molecule has 13 heavy (non-hydrogen) atoms. The standard InChI is InChI=1S/C9H10IO2Si/c10-8-6-7(2-3-9(8)11)12-4-1-5-13/h2-3,6,11H,1,4-5H2. The van der Waals surface area contributed by atoms with Crippen molar-refractivity contribution in [2.75, 3.05) is 6.61 Å². The molecule has 0 spiro atoms. The Morgan fingerprint density at radius 2 is 2.23 bits per heavy atom. The van der Waals surface area contributed by atoms with E-state index in [0.717, 1.165) is 21.8 Å². The van der Waals surface area contributed by atoms with E-state index < -0.39 is 0 Å². The molecule has 0 heterocycles. The lowest BCUT2D eigenvalue weighted by molar-refractivity contribution is 0.316. The minimum absolute atomic E-state index is 0.299. The predicted octanol–water partition coefficient (Wildman–Crippen LogP) is 2.35. The van der Waals surface area contributed by atoms with Crippen LogP contribution in [0.3, 0.4) is 0 Å². The molecule has 69 valence electrons. The van der Waals surface area contributed by atoms with Gasteiger partial charge in [-0.25, -0.2) is 0 Å². The fourth-order valence-electron chi connectivity index (χ4n) is 0.840. The first-order valence-corrected chi connectivity index (χ1v) is 5.78. The van der Waals surface area contributed by atoms with Crippen LogP contribution >= 0.6 is 22.6 Å². The molecule has 0 unspecified atom stereocenters. The van der Waals surface area contributed by atoms with Gasteiger partial charge in [0.2, 0.25) is 0 Å². The Balaban J connectivity index is 2.53. The van der Waals surface area contributed by atoms with Crippen LogP contribution in [-0.4, -0.2) is 22.0 Å². The third kappa shape index (κ3) is 3.56. The normalized spacial score (nSPS) is 10.0. The second-order valence-corrected chi connectivity index (χ2v) is 4.23. The van der Waals surface area contributed by atoms with Crippen LogP contribution in [0, 0.1) is 3.57 Å². The molecule has 0 fully saturated rings. The van der Waals surface area contributed by atoms with Gasteiger partial charge in [-0.05, 0) is 47.2 Å². The van der Waals surface area contributed by atoms with Crippen molar-refractivity contribution >= 4 is 32.8 Å². The van der Waals surface area contributed by atoms with E-state index in [2.05, 4.69) is 32.8 Å². The highest BCUT2D eigenvalue weighted by Crippen LogP contribution is 2.24. The Bertz CT molecular complexity index is 278. The van der Waals surface area contributed by atoms with Crippen LogP contribution in [0.15, 0.2) is 18.2 Å². The van der Waals surface area contributed by atoms with Crippen LogP contribution in [-0.2, 0) is 0 Å². The van der Waals surface area contributed by atoms with Crippen molar-refractivity contribution in [3.63, 3.8) is 0 Å². The van der Waals surface area contributed by atoms with Gasteiger partial charge >= 0.3 is 0 Å². The molecule has 0 saturated heterocycles. The van der Waals surface area contributed by atoms with Crippen LogP contribution < -0.4 is 4.74 Å². The molecule has 0 aliphatic heterocycles. The maximum absolute atomic E-state index is 9.24. The molecule has 0 aromatic heterocycles. The molecule has 4 heteroatoms. The first-order chi connectivity index (χ1) is 6.24. The van der Waals surface area contributed by atoms with Gasteiger partial charge in [0.1, 0.15) is 11.5 Å². The molecule has 2 nitrogen and oxygen atoms in total. The molecule has 0 saturated carbocycles. The molecule has 3 radical (unpaired) electrons. The second-order valence-electron chi connectivity index (χ2n) is 2.57. The number of hydrogen-bond acceptors (Lipinski definition) is 2. The molecule has 1 rings (SSSR count). The van der Waals surface area contributed by atoms with Gasteiger partial charge in [0.15, 0.2) is 0 Å². The summed E-state index contributed by atoms with van der Waals surface area (Å²) >= 11 is 2.07. The van der Waals surface area contributed by atoms with E-state index in [1.165, 1.54) is 0 Å². The molecule has 1 aromatic carbocycles. The topological polar surface area (TPSA) is 29.5 Å². The number of benzene rings is 1.